The number of nitrogens with zero attached hydrogens (tertiary/aromatic N) is 5. The van der Waals surface area contributed by atoms with Crippen LogP contribution in [0.5, 0.6) is 0 Å². The lowest BCUT2D eigenvalue weighted by Crippen LogP contribution is -2.23. The van der Waals surface area contributed by atoms with Crippen molar-refractivity contribution in [1.29, 1.82) is 0 Å². The normalized spacial score (nSPS) is 11.6. The second kappa shape index (κ2) is 7.08. The second-order valence-electron chi connectivity index (χ2n) is 8.14. The fourth-order valence-corrected chi connectivity index (χ4v) is 4.62. The molecule has 0 aliphatic carbocycles. The zero-order chi connectivity index (χ0) is 22.6. The van der Waals surface area contributed by atoms with Crippen LogP contribution in [0.15, 0.2) is 108 Å². The minimum Gasteiger partial charge on any atom is -0.286 e. The molecule has 0 radical (unpaired) electrons. The Morgan fingerprint density at radius 1 is 0.559 bits per heavy atom. The summed E-state index contributed by atoms with van der Waals surface area (Å²) in [6.45, 7) is 0. The number of benzene rings is 4. The lowest BCUT2D eigenvalue weighted by atomic mass is 10.1. The summed E-state index contributed by atoms with van der Waals surface area (Å²) < 4.78 is 3.61. The summed E-state index contributed by atoms with van der Waals surface area (Å²) in [6.07, 6.45) is 0. The highest BCUT2D eigenvalue weighted by Gasteiger charge is 2.19. The first-order valence-electron chi connectivity index (χ1n) is 11.0. The van der Waals surface area contributed by atoms with E-state index < -0.39 is 0 Å². The minimum atomic E-state index is -0.224. The molecule has 0 aliphatic rings. The van der Waals surface area contributed by atoms with Crippen LogP contribution < -0.4 is 5.56 Å². The molecule has 3 heterocycles. The number of para-hydroxylation sites is 5. The zero-order valence-corrected chi connectivity index (χ0v) is 18.0. The topological polar surface area (TPSA) is 65.1 Å². The maximum atomic E-state index is 14.0. The molecule has 7 rings (SSSR count). The van der Waals surface area contributed by atoms with Gasteiger partial charge in [0.05, 0.1) is 27.6 Å². The van der Waals surface area contributed by atoms with Gasteiger partial charge in [0.2, 0.25) is 5.65 Å². The Kier molecular flexibility index (Phi) is 3.90. The average molecular weight is 439 g/mol. The smallest absolute Gasteiger partial charge is 0.286 e. The fourth-order valence-electron chi connectivity index (χ4n) is 4.62. The largest absolute Gasteiger partial charge is 0.300 e. The molecule has 0 amide bonds. The molecule has 34 heavy (non-hydrogen) atoms. The van der Waals surface area contributed by atoms with Gasteiger partial charge in [0, 0.05) is 10.9 Å². The van der Waals surface area contributed by atoms with Gasteiger partial charge in [-0.15, -0.1) is 0 Å². The highest BCUT2D eigenvalue weighted by atomic mass is 16.1. The predicted octanol–water partition coefficient (Wildman–Crippen LogP) is 5.40. The summed E-state index contributed by atoms with van der Waals surface area (Å²) in [5.74, 6) is 1.11. The van der Waals surface area contributed by atoms with Gasteiger partial charge in [0.25, 0.3) is 0 Å². The van der Waals surface area contributed by atoms with E-state index in [0.717, 1.165) is 38.5 Å². The molecule has 0 unspecified atom stereocenters. The van der Waals surface area contributed by atoms with E-state index in [1.165, 1.54) is 0 Å². The molecule has 0 spiro atoms. The number of aromatic nitrogens is 5. The van der Waals surface area contributed by atoms with E-state index in [1.807, 2.05) is 108 Å². The summed E-state index contributed by atoms with van der Waals surface area (Å²) in [6, 6.07) is 33.3. The third kappa shape index (κ3) is 2.62. The van der Waals surface area contributed by atoms with E-state index in [9.17, 15) is 4.79 Å². The van der Waals surface area contributed by atoms with Gasteiger partial charge in [-0.05, 0) is 36.4 Å². The first-order chi connectivity index (χ1) is 16.8. The van der Waals surface area contributed by atoms with Crippen LogP contribution in [0.2, 0.25) is 0 Å². The van der Waals surface area contributed by atoms with E-state index >= 15 is 0 Å². The van der Waals surface area contributed by atoms with Crippen molar-refractivity contribution in [2.75, 3.05) is 0 Å². The van der Waals surface area contributed by atoms with Crippen molar-refractivity contribution in [3.63, 3.8) is 0 Å². The Morgan fingerprint density at radius 2 is 1.21 bits per heavy atom. The van der Waals surface area contributed by atoms with Crippen molar-refractivity contribution in [3.05, 3.63) is 113 Å². The van der Waals surface area contributed by atoms with Gasteiger partial charge in [0.1, 0.15) is 0 Å². The van der Waals surface area contributed by atoms with Crippen LogP contribution in [0.3, 0.4) is 0 Å². The molecule has 0 saturated carbocycles. The van der Waals surface area contributed by atoms with Gasteiger partial charge in [-0.3, -0.25) is 13.8 Å². The molecule has 0 aliphatic heterocycles. The average Bonchev–Trinajstić information content (AvgIpc) is 3.29. The summed E-state index contributed by atoms with van der Waals surface area (Å²) in [4.78, 5) is 28.4. The van der Waals surface area contributed by atoms with Gasteiger partial charge in [-0.1, -0.05) is 66.7 Å². The first kappa shape index (κ1) is 18.7. The number of hydrogen-bond donors (Lipinski definition) is 0. The molecule has 6 nitrogen and oxygen atoms in total. The van der Waals surface area contributed by atoms with Gasteiger partial charge in [0.15, 0.2) is 11.6 Å². The van der Waals surface area contributed by atoms with E-state index in [1.54, 1.807) is 4.57 Å². The highest BCUT2D eigenvalue weighted by molar-refractivity contribution is 5.93. The molecule has 160 valence electrons. The molecule has 7 aromatic rings. The molecule has 0 N–H and O–H groups in total. The summed E-state index contributed by atoms with van der Waals surface area (Å²) in [5, 5.41) is 0.801. The predicted molar refractivity (Wildman–Crippen MR) is 134 cm³/mol. The monoisotopic (exact) mass is 439 g/mol. The summed E-state index contributed by atoms with van der Waals surface area (Å²) >= 11 is 0. The van der Waals surface area contributed by atoms with Crippen molar-refractivity contribution < 1.29 is 0 Å². The van der Waals surface area contributed by atoms with Crippen LogP contribution >= 0.6 is 0 Å². The molecule has 0 saturated heterocycles. The molecule has 0 fully saturated rings. The SMILES string of the molecule is O=c1c2nc3ccccc3n2c2ccccc2n1-c1nc(-c2ccccc2)nc2ccccc12. The Morgan fingerprint density at radius 3 is 2.03 bits per heavy atom. The van der Waals surface area contributed by atoms with Crippen molar-refractivity contribution in [2.45, 2.75) is 0 Å². The number of imidazole rings is 1. The number of fused-ring (bicyclic) bond motifs is 6. The zero-order valence-electron chi connectivity index (χ0n) is 18.0. The maximum Gasteiger partial charge on any atom is 0.300 e. The molecular weight excluding hydrogens is 422 g/mol. The first-order valence-corrected chi connectivity index (χ1v) is 11.0. The Labute approximate surface area is 193 Å². The molecule has 4 aromatic carbocycles. The van der Waals surface area contributed by atoms with Gasteiger partial charge in [-0.25, -0.2) is 15.0 Å². The van der Waals surface area contributed by atoms with Crippen LogP contribution in [0.1, 0.15) is 0 Å². The second-order valence-corrected chi connectivity index (χ2v) is 8.14. The van der Waals surface area contributed by atoms with Crippen LogP contribution in [0.25, 0.3) is 55.8 Å². The van der Waals surface area contributed by atoms with E-state index in [0.29, 0.717) is 17.3 Å². The Hall–Kier alpha value is -4.84. The Balaban J connectivity index is 1.68. The van der Waals surface area contributed by atoms with E-state index in [2.05, 4.69) is 0 Å². The van der Waals surface area contributed by atoms with E-state index in [-0.39, 0.29) is 5.56 Å². The molecular formula is C28H17N5O. The van der Waals surface area contributed by atoms with Crippen molar-refractivity contribution in [3.8, 4) is 17.2 Å². The maximum absolute atomic E-state index is 14.0. The van der Waals surface area contributed by atoms with Crippen LogP contribution in [0.4, 0.5) is 0 Å². The van der Waals surface area contributed by atoms with Crippen LogP contribution in [-0.4, -0.2) is 23.9 Å². The molecule has 6 heteroatoms. The highest BCUT2D eigenvalue weighted by Crippen LogP contribution is 2.27. The van der Waals surface area contributed by atoms with Crippen molar-refractivity contribution in [2.24, 2.45) is 0 Å². The van der Waals surface area contributed by atoms with Crippen LogP contribution in [0, 0.1) is 0 Å². The molecule has 3 aromatic heterocycles. The van der Waals surface area contributed by atoms with Gasteiger partial charge < -0.3 is 0 Å². The fraction of sp³-hybridized carbons (Fsp3) is 0. The standard InChI is InChI=1S/C28H17N5O/c34-28-27-30-21-14-6-7-15-22(21)32(27)23-16-8-9-17-24(23)33(28)26-19-12-4-5-13-20(19)29-25(31-26)18-10-2-1-3-11-18/h1-17H. The van der Waals surface area contributed by atoms with Crippen LogP contribution in [-0.2, 0) is 0 Å². The lowest BCUT2D eigenvalue weighted by Gasteiger charge is -2.15. The molecule has 0 bridgehead atoms. The van der Waals surface area contributed by atoms with Gasteiger partial charge in [-0.2, -0.15) is 0 Å². The molecule has 0 atom stereocenters. The Bertz CT molecular complexity index is 1940. The third-order valence-electron chi connectivity index (χ3n) is 6.15. The number of hydrogen-bond acceptors (Lipinski definition) is 4. The third-order valence-corrected chi connectivity index (χ3v) is 6.15. The van der Waals surface area contributed by atoms with E-state index in [4.69, 9.17) is 15.0 Å². The van der Waals surface area contributed by atoms with Crippen molar-refractivity contribution in [1.82, 2.24) is 23.9 Å². The summed E-state index contributed by atoms with van der Waals surface area (Å²) in [5.41, 5.74) is 5.12. The quantitative estimate of drug-likeness (QED) is 0.362. The minimum absolute atomic E-state index is 0.224. The van der Waals surface area contributed by atoms with Crippen molar-refractivity contribution >= 4 is 38.6 Å². The number of rotatable bonds is 2. The lowest BCUT2D eigenvalue weighted by molar-refractivity contribution is 0.974. The summed E-state index contributed by atoms with van der Waals surface area (Å²) in [7, 11) is 0. The van der Waals surface area contributed by atoms with Gasteiger partial charge >= 0.3 is 5.56 Å².